The molecule has 0 radical (unpaired) electrons. The van der Waals surface area contributed by atoms with E-state index < -0.39 is 323 Å². The molecule has 0 saturated heterocycles. The van der Waals surface area contributed by atoms with Crippen LogP contribution in [0.3, 0.4) is 0 Å². The highest BCUT2D eigenvalue weighted by molar-refractivity contribution is 7.85. The van der Waals surface area contributed by atoms with Crippen LogP contribution in [0.5, 0.6) is 0 Å². The number of benzene rings is 2. The molecule has 125 heavy (non-hydrogen) atoms. The van der Waals surface area contributed by atoms with Gasteiger partial charge in [-0.05, 0) is 141 Å². The van der Waals surface area contributed by atoms with Crippen LogP contribution >= 0.6 is 0 Å². The van der Waals surface area contributed by atoms with E-state index in [1.807, 2.05) is 55.2 Å². The Hall–Kier alpha value is -12.3. The zero-order valence-electron chi connectivity index (χ0n) is 70.8. The summed E-state index contributed by atoms with van der Waals surface area (Å²) in [6, 6.07) is 1.81. The van der Waals surface area contributed by atoms with Gasteiger partial charge >= 0.3 is 53.7 Å². The third kappa shape index (κ3) is 34.7. The number of nitrogens with zero attached hydrogens (tertiary/aromatic N) is 2. The number of nitrogens with one attached hydrogen (secondary N) is 5. The fourth-order valence-electron chi connectivity index (χ4n) is 14.8. The van der Waals surface area contributed by atoms with Crippen molar-refractivity contribution in [2.75, 3.05) is 18.0 Å². The van der Waals surface area contributed by atoms with Crippen LogP contribution in [-0.4, -0.2) is 225 Å². The summed E-state index contributed by atoms with van der Waals surface area (Å²) in [6.07, 6.45) is -3.49. The minimum Gasteiger partial charge on any atom is -0.481 e. The van der Waals surface area contributed by atoms with Gasteiger partial charge in [0.15, 0.2) is 34.6 Å². The van der Waals surface area contributed by atoms with E-state index >= 15 is 0 Å². The molecule has 0 aliphatic carbocycles. The Morgan fingerprint density at radius 2 is 0.768 bits per heavy atom. The van der Waals surface area contributed by atoms with Gasteiger partial charge in [0.25, 0.3) is 10.1 Å². The molecule has 15 N–H and O–H groups in total. The summed E-state index contributed by atoms with van der Waals surface area (Å²) in [5, 5.41) is 98.2. The Morgan fingerprint density at radius 3 is 1.14 bits per heavy atom. The lowest BCUT2D eigenvalue weighted by molar-refractivity contribution is -0.433. The number of allylic oxidation sites excluding steroid dienone is 8. The van der Waals surface area contributed by atoms with Crippen LogP contribution in [0.1, 0.15) is 225 Å². The van der Waals surface area contributed by atoms with Crippen molar-refractivity contribution in [1.29, 1.82) is 0 Å². The van der Waals surface area contributed by atoms with Crippen LogP contribution in [0.2, 0.25) is 0 Å². The van der Waals surface area contributed by atoms with Gasteiger partial charge in [-0.1, -0.05) is 62.3 Å². The van der Waals surface area contributed by atoms with Crippen LogP contribution < -0.4 is 31.5 Å². The number of carboxylic acids is 9. The number of amides is 5. The molecule has 2 heterocycles. The molecule has 0 saturated carbocycles. The first-order valence-corrected chi connectivity index (χ1v) is 42.4. The van der Waals surface area contributed by atoms with Crippen molar-refractivity contribution in [3.05, 3.63) is 101 Å². The standard InChI is InChI=1S/C86H113N7O31S/c1-8-92-63-31-20-49(2)43-56(63)85(4,5)69(92)17-13-10-9-11-14-18-70-86(6,7)57-48-55(125(122,123)124)25-32-64(57)93(70)42-16-12-15-19-71(99)87-59(27-38-77(110)111)65(95)44-52(22-34-73(102)103)82(119)89-61(29-40-79(114)115)67(97)46-54(24-36-75(106)107)84(121)91-62(30-41-80(116)117)68(98)47-53(23-35-74(104)105)83(120)90-60(28-39-78(112)113)66(96)45-51(21-33-72(100)101)81(118)88-58(50(3)94)26-37-76(108)109/h9-11,13-14,17-18,20,25,31-32,43,48,51-54,58-62H,8,12,15-16,19,21-24,26-30,33-42,44-47H2,1-7H3,(H14-,87,88,89,90,91,99,100,101,102,103,104,105,106,107,108,109,110,111,112,113,114,115,116,117,118,119,120,121,122,123,124)/p+1/t51-,52-,53-,54-,58+,59+,60+,61+,62+/m0/s1. The Morgan fingerprint density at radius 1 is 0.416 bits per heavy atom. The first-order chi connectivity index (χ1) is 58.5. The van der Waals surface area contributed by atoms with Gasteiger partial charge < -0.3 is 77.4 Å². The second-order valence-electron chi connectivity index (χ2n) is 32.0. The van der Waals surface area contributed by atoms with Crippen LogP contribution in [0, 0.1) is 30.6 Å². The minimum absolute atomic E-state index is 0.193. The topological polar surface area (TPSA) is 627 Å². The molecule has 0 fully saturated rings. The van der Waals surface area contributed by atoms with E-state index in [1.165, 1.54) is 17.7 Å². The summed E-state index contributed by atoms with van der Waals surface area (Å²) >= 11 is 0. The summed E-state index contributed by atoms with van der Waals surface area (Å²) in [6.45, 7) is 14.4. The van der Waals surface area contributed by atoms with Crippen molar-refractivity contribution >= 4 is 139 Å². The molecule has 9 atom stereocenters. The van der Waals surface area contributed by atoms with E-state index in [1.54, 1.807) is 6.07 Å². The molecule has 39 heteroatoms. The number of unbranched alkanes of at least 4 members (excludes halogenated alkanes) is 2. The highest BCUT2D eigenvalue weighted by Crippen LogP contribution is 2.49. The SMILES string of the molecule is CC[N+]1=C(/C=C/C=C/C=C/C=C2/N(CCCCCC(=O)N[C@H](CCC(=O)O)C(=O)C[C@H](CCC(=O)O)C(=O)N[C@H](CCC(=O)O)C(=O)C[C@H](CCC(=O)O)C(=O)N[C@H](CCC(=O)O)C(=O)C[C@H](CCC(=O)O)C(=O)N[C@H](CCC(=O)O)C(=O)C[C@H](CCC(=O)O)C(=O)N[C@H](CCC(=O)O)C(C)=O)c3ccc(S(=O)(=O)O)cc3C2(C)C)C(C)(C)c2cc(C)ccc21. The molecule has 0 unspecified atom stereocenters. The Labute approximate surface area is 721 Å². The van der Waals surface area contributed by atoms with Crippen LogP contribution in [-0.2, 0) is 112 Å². The number of fused-ring (bicyclic) bond motifs is 2. The van der Waals surface area contributed by atoms with E-state index in [9.17, 15) is 145 Å². The van der Waals surface area contributed by atoms with Crippen LogP contribution in [0.4, 0.5) is 11.4 Å². The van der Waals surface area contributed by atoms with Crippen molar-refractivity contribution in [2.24, 2.45) is 23.7 Å². The summed E-state index contributed by atoms with van der Waals surface area (Å²) in [5.74, 6) is -31.7. The molecule has 684 valence electrons. The smallest absolute Gasteiger partial charge is 0.303 e. The number of aliphatic carboxylic acids is 9. The largest absolute Gasteiger partial charge is 0.481 e. The lowest BCUT2D eigenvalue weighted by Gasteiger charge is -2.27. The third-order valence-corrected chi connectivity index (χ3v) is 22.6. The van der Waals surface area contributed by atoms with Crippen molar-refractivity contribution < 1.29 is 155 Å². The fraction of sp³-hybridized carbons (Fsp3) is 0.535. The first-order valence-electron chi connectivity index (χ1n) is 40.9. The highest BCUT2D eigenvalue weighted by Gasteiger charge is 2.45. The van der Waals surface area contributed by atoms with E-state index in [4.69, 9.17) is 5.11 Å². The minimum atomic E-state index is -4.61. The van der Waals surface area contributed by atoms with Crippen molar-refractivity contribution in [3.63, 3.8) is 0 Å². The second kappa shape index (κ2) is 49.9. The third-order valence-electron chi connectivity index (χ3n) is 21.7. The second-order valence-corrected chi connectivity index (χ2v) is 33.5. The molecule has 0 spiro atoms. The van der Waals surface area contributed by atoms with Gasteiger partial charge in [-0.2, -0.15) is 13.0 Å². The molecule has 4 rings (SSSR count). The lowest BCUT2D eigenvalue weighted by Crippen LogP contribution is -2.49. The number of hydrogen-bond acceptors (Lipinski definition) is 22. The van der Waals surface area contributed by atoms with Gasteiger partial charge in [0, 0.05) is 155 Å². The molecular weight excluding hydrogens is 1660 g/mol. The molecule has 2 aromatic rings. The highest BCUT2D eigenvalue weighted by atomic mass is 32.2. The fourth-order valence-corrected chi connectivity index (χ4v) is 15.3. The Bertz CT molecular complexity index is 4670. The van der Waals surface area contributed by atoms with Gasteiger partial charge in [0.05, 0.1) is 40.5 Å². The monoisotopic (exact) mass is 1770 g/mol. The van der Waals surface area contributed by atoms with Crippen molar-refractivity contribution in [3.8, 4) is 0 Å². The zero-order valence-corrected chi connectivity index (χ0v) is 71.7. The van der Waals surface area contributed by atoms with Crippen LogP contribution in [0.25, 0.3) is 0 Å². The maximum atomic E-state index is 14.5. The number of ketones is 5. The summed E-state index contributed by atoms with van der Waals surface area (Å²) in [7, 11) is -4.61. The molecule has 0 aromatic heterocycles. The number of aryl methyl sites for hydroxylation is 1. The van der Waals surface area contributed by atoms with Gasteiger partial charge in [-0.25, -0.2) is 0 Å². The van der Waals surface area contributed by atoms with Crippen molar-refractivity contribution in [2.45, 2.75) is 261 Å². The molecule has 2 aliphatic rings. The summed E-state index contributed by atoms with van der Waals surface area (Å²) in [4.78, 5) is 248. The lowest BCUT2D eigenvalue weighted by atomic mass is 9.81. The average molecular weight is 1770 g/mol. The van der Waals surface area contributed by atoms with Gasteiger partial charge in [0.2, 0.25) is 35.2 Å². The number of anilines is 1. The van der Waals surface area contributed by atoms with E-state index in [-0.39, 0.29) is 23.2 Å². The predicted octanol–water partition coefficient (Wildman–Crippen LogP) is 6.65. The van der Waals surface area contributed by atoms with Gasteiger partial charge in [-0.15, -0.1) is 0 Å². The maximum Gasteiger partial charge on any atom is 0.303 e. The van der Waals surface area contributed by atoms with Crippen molar-refractivity contribution in [1.82, 2.24) is 26.6 Å². The normalized spacial score (nSPS) is 15.8. The van der Waals surface area contributed by atoms with Gasteiger partial charge in [-0.3, -0.25) is 95.6 Å². The molecule has 2 aromatic carbocycles. The van der Waals surface area contributed by atoms with E-state index in [0.717, 1.165) is 36.1 Å². The zero-order chi connectivity index (χ0) is 94.0. The molecule has 0 bridgehead atoms. The van der Waals surface area contributed by atoms with Crippen LogP contribution in [0.15, 0.2) is 89.5 Å². The number of hydrogen-bond donors (Lipinski definition) is 15. The molecule has 38 nitrogen and oxygen atoms in total. The summed E-state index contributed by atoms with van der Waals surface area (Å²) in [5.41, 5.74) is 5.68. The number of carbonyl (C=O) groups is 19. The number of rotatable bonds is 61. The maximum absolute atomic E-state index is 14.5. The molecule has 2 aliphatic heterocycles. The average Bonchev–Trinajstić information content (AvgIpc) is 1.59. The molecular formula is C86H114N7O31S+. The first kappa shape index (κ1) is 105. The number of carboxylic acid groups (broad SMARTS) is 9. The van der Waals surface area contributed by atoms with Gasteiger partial charge in [0.1, 0.15) is 6.54 Å². The summed E-state index contributed by atoms with van der Waals surface area (Å²) < 4.78 is 37.1. The number of carbonyl (C=O) groups excluding carboxylic acids is 10. The Kier molecular flexibility index (Phi) is 41.9. The predicted molar refractivity (Wildman–Crippen MR) is 445 cm³/mol. The van der Waals surface area contributed by atoms with E-state index in [0.29, 0.717) is 30.6 Å². The number of Topliss-reactive ketones (excluding diaryl/α,β-unsaturated/α-hetero) is 5. The quantitative estimate of drug-likeness (QED) is 0.0143. The van der Waals surface area contributed by atoms with E-state index in [2.05, 4.69) is 83.1 Å². The molecule has 5 amide bonds. The Balaban J connectivity index is 1.57.